The maximum absolute atomic E-state index is 5.29. The van der Waals surface area contributed by atoms with E-state index < -0.39 is 0 Å². The summed E-state index contributed by atoms with van der Waals surface area (Å²) in [6.07, 6.45) is 1.64. The summed E-state index contributed by atoms with van der Waals surface area (Å²) in [4.78, 5) is 12.8. The van der Waals surface area contributed by atoms with Crippen molar-refractivity contribution < 1.29 is 4.74 Å². The first-order chi connectivity index (χ1) is 12.8. The van der Waals surface area contributed by atoms with Gasteiger partial charge in [0.1, 0.15) is 5.75 Å². The molecule has 1 heterocycles. The molecule has 0 bridgehead atoms. The number of ether oxygens (including phenoxy) is 1. The minimum atomic E-state index is 0.314. The molecule has 8 nitrogen and oxygen atoms in total. The molecule has 0 aliphatic heterocycles. The molecule has 2 aromatic carbocycles. The molecule has 0 spiro atoms. The molecule has 0 fully saturated rings. The van der Waals surface area contributed by atoms with E-state index in [0.717, 1.165) is 17.0 Å². The number of hydrogen-bond acceptors (Lipinski definition) is 8. The Morgan fingerprint density at radius 2 is 1.58 bits per heavy atom. The lowest BCUT2D eigenvalue weighted by molar-refractivity contribution is 0.414. The molecule has 8 heteroatoms. The molecule has 0 atom stereocenters. The molecule has 0 aliphatic rings. The third-order valence-corrected chi connectivity index (χ3v) is 3.40. The largest absolute Gasteiger partial charge is 0.496 e. The van der Waals surface area contributed by atoms with Gasteiger partial charge in [-0.2, -0.15) is 20.1 Å². The van der Waals surface area contributed by atoms with Gasteiger partial charge in [-0.25, -0.2) is 5.43 Å². The van der Waals surface area contributed by atoms with Crippen LogP contribution < -0.4 is 20.8 Å². The molecule has 0 amide bonds. The van der Waals surface area contributed by atoms with Crippen LogP contribution in [0.15, 0.2) is 59.7 Å². The second-order valence-corrected chi connectivity index (χ2v) is 5.16. The van der Waals surface area contributed by atoms with Gasteiger partial charge in [-0.3, -0.25) is 0 Å². The van der Waals surface area contributed by atoms with Gasteiger partial charge in [0.25, 0.3) is 0 Å². The van der Waals surface area contributed by atoms with E-state index in [0.29, 0.717) is 17.8 Å². The third kappa shape index (κ3) is 4.44. The van der Waals surface area contributed by atoms with Crippen LogP contribution >= 0.6 is 0 Å². The number of hydrogen-bond donors (Lipinski definition) is 3. The summed E-state index contributed by atoms with van der Waals surface area (Å²) >= 11 is 0. The molecule has 132 valence electrons. The van der Waals surface area contributed by atoms with E-state index in [1.165, 1.54) is 0 Å². The fourth-order valence-corrected chi connectivity index (χ4v) is 2.18. The van der Waals surface area contributed by atoms with E-state index in [9.17, 15) is 0 Å². The van der Waals surface area contributed by atoms with Crippen LogP contribution in [0, 0.1) is 0 Å². The zero-order chi connectivity index (χ0) is 18.2. The fraction of sp³-hybridized carbons (Fsp3) is 0.111. The Bertz CT molecular complexity index is 884. The first-order valence-electron chi connectivity index (χ1n) is 7.96. The Hall–Kier alpha value is -3.68. The molecule has 3 N–H and O–H groups in total. The number of para-hydroxylation sites is 2. The zero-order valence-corrected chi connectivity index (χ0v) is 14.5. The number of nitrogens with zero attached hydrogens (tertiary/aromatic N) is 4. The van der Waals surface area contributed by atoms with Crippen molar-refractivity contribution in [3.63, 3.8) is 0 Å². The summed E-state index contributed by atoms with van der Waals surface area (Å²) in [5.41, 5.74) is 4.54. The minimum Gasteiger partial charge on any atom is -0.496 e. The van der Waals surface area contributed by atoms with Gasteiger partial charge in [-0.1, -0.05) is 30.3 Å². The smallest absolute Gasteiger partial charge is 0.250 e. The Morgan fingerprint density at radius 1 is 0.885 bits per heavy atom. The molecule has 0 radical (unpaired) electrons. The van der Waals surface area contributed by atoms with Crippen LogP contribution in [0.4, 0.5) is 23.5 Å². The normalized spacial score (nSPS) is 10.5. The summed E-state index contributed by atoms with van der Waals surface area (Å²) in [7, 11) is 3.36. The Labute approximate surface area is 151 Å². The number of hydrazone groups is 1. The van der Waals surface area contributed by atoms with E-state index in [1.54, 1.807) is 20.4 Å². The number of benzene rings is 2. The van der Waals surface area contributed by atoms with Gasteiger partial charge < -0.3 is 15.4 Å². The van der Waals surface area contributed by atoms with Gasteiger partial charge in [0.05, 0.1) is 13.3 Å². The fourth-order valence-electron chi connectivity index (χ4n) is 2.18. The monoisotopic (exact) mass is 349 g/mol. The van der Waals surface area contributed by atoms with E-state index in [1.807, 2.05) is 54.6 Å². The van der Waals surface area contributed by atoms with Crippen LogP contribution in [-0.2, 0) is 0 Å². The van der Waals surface area contributed by atoms with Gasteiger partial charge in [0.2, 0.25) is 17.8 Å². The summed E-state index contributed by atoms with van der Waals surface area (Å²) in [6.45, 7) is 0. The number of methoxy groups -OCH3 is 1. The molecule has 1 aromatic heterocycles. The van der Waals surface area contributed by atoms with Crippen LogP contribution in [0.25, 0.3) is 0 Å². The topological polar surface area (TPSA) is 96.4 Å². The number of rotatable bonds is 7. The highest BCUT2D eigenvalue weighted by Gasteiger charge is 2.05. The lowest BCUT2D eigenvalue weighted by Gasteiger charge is -2.08. The van der Waals surface area contributed by atoms with Crippen molar-refractivity contribution in [3.8, 4) is 5.75 Å². The summed E-state index contributed by atoms with van der Waals surface area (Å²) in [6, 6.07) is 17.2. The van der Waals surface area contributed by atoms with Gasteiger partial charge in [0.15, 0.2) is 0 Å². The second-order valence-electron chi connectivity index (χ2n) is 5.16. The van der Waals surface area contributed by atoms with Crippen molar-refractivity contribution in [1.29, 1.82) is 0 Å². The van der Waals surface area contributed by atoms with Crippen LogP contribution in [0.5, 0.6) is 5.75 Å². The highest BCUT2D eigenvalue weighted by atomic mass is 16.5. The number of aromatic nitrogens is 3. The van der Waals surface area contributed by atoms with Crippen molar-refractivity contribution in [1.82, 2.24) is 15.0 Å². The predicted molar refractivity (Wildman–Crippen MR) is 103 cm³/mol. The van der Waals surface area contributed by atoms with Gasteiger partial charge in [-0.05, 0) is 24.3 Å². The van der Waals surface area contributed by atoms with Gasteiger partial charge in [-0.15, -0.1) is 0 Å². The van der Waals surface area contributed by atoms with Crippen molar-refractivity contribution in [2.45, 2.75) is 0 Å². The van der Waals surface area contributed by atoms with E-state index in [-0.39, 0.29) is 0 Å². The second kappa shape index (κ2) is 8.43. The summed E-state index contributed by atoms with van der Waals surface area (Å²) in [5.74, 6) is 1.88. The van der Waals surface area contributed by atoms with Crippen molar-refractivity contribution >= 4 is 29.7 Å². The Kier molecular flexibility index (Phi) is 5.56. The van der Waals surface area contributed by atoms with Crippen LogP contribution in [0.1, 0.15) is 5.56 Å². The van der Waals surface area contributed by atoms with Crippen molar-refractivity contribution in [2.75, 3.05) is 30.2 Å². The van der Waals surface area contributed by atoms with Crippen LogP contribution in [-0.4, -0.2) is 35.3 Å². The lowest BCUT2D eigenvalue weighted by atomic mass is 10.2. The third-order valence-electron chi connectivity index (χ3n) is 3.40. The lowest BCUT2D eigenvalue weighted by Crippen LogP contribution is -2.07. The quantitative estimate of drug-likeness (QED) is 0.445. The first-order valence-corrected chi connectivity index (χ1v) is 7.96. The molecule has 3 rings (SSSR count). The van der Waals surface area contributed by atoms with Crippen LogP contribution in [0.2, 0.25) is 0 Å². The average Bonchev–Trinajstić information content (AvgIpc) is 2.69. The Morgan fingerprint density at radius 3 is 2.35 bits per heavy atom. The highest BCUT2D eigenvalue weighted by molar-refractivity contribution is 5.83. The molecular formula is C18H19N7O. The van der Waals surface area contributed by atoms with Crippen LogP contribution in [0.3, 0.4) is 0 Å². The minimum absolute atomic E-state index is 0.314. The highest BCUT2D eigenvalue weighted by Crippen LogP contribution is 2.16. The Balaban J connectivity index is 1.77. The van der Waals surface area contributed by atoms with Crippen molar-refractivity contribution in [3.05, 3.63) is 60.2 Å². The molecule has 0 unspecified atom stereocenters. The number of nitrogens with one attached hydrogen (secondary N) is 3. The SMILES string of the molecule is CNc1nc(NN=Cc2ccccc2OC)nc(Nc2ccccc2)n1. The zero-order valence-electron chi connectivity index (χ0n) is 14.5. The standard InChI is InChI=1S/C18H19N7O/c1-19-16-22-17(21-14-9-4-3-5-10-14)24-18(23-16)25-20-12-13-8-6-7-11-15(13)26-2/h3-12H,1-2H3,(H3,19,21,22,23,24,25). The molecule has 3 aromatic rings. The first kappa shape index (κ1) is 17.2. The summed E-state index contributed by atoms with van der Waals surface area (Å²) < 4.78 is 5.29. The average molecular weight is 349 g/mol. The maximum atomic E-state index is 5.29. The van der Waals surface area contributed by atoms with E-state index in [4.69, 9.17) is 4.74 Å². The molecule has 0 saturated heterocycles. The molecule has 26 heavy (non-hydrogen) atoms. The van der Waals surface area contributed by atoms with Crippen molar-refractivity contribution in [2.24, 2.45) is 5.10 Å². The number of anilines is 4. The molecule has 0 saturated carbocycles. The molecular weight excluding hydrogens is 330 g/mol. The maximum Gasteiger partial charge on any atom is 0.250 e. The van der Waals surface area contributed by atoms with Gasteiger partial charge in [0, 0.05) is 18.3 Å². The van der Waals surface area contributed by atoms with E-state index in [2.05, 4.69) is 36.1 Å². The van der Waals surface area contributed by atoms with Gasteiger partial charge >= 0.3 is 0 Å². The summed E-state index contributed by atoms with van der Waals surface area (Å²) in [5, 5.41) is 10.2. The predicted octanol–water partition coefficient (Wildman–Crippen LogP) is 3.11. The molecule has 0 aliphatic carbocycles. The van der Waals surface area contributed by atoms with E-state index >= 15 is 0 Å².